The van der Waals surface area contributed by atoms with Crippen LogP contribution in [-0.2, 0) is 4.79 Å². The summed E-state index contributed by atoms with van der Waals surface area (Å²) in [4.78, 5) is 12.3. The van der Waals surface area contributed by atoms with Crippen molar-refractivity contribution in [2.24, 2.45) is 22.7 Å². The molecule has 3 rings (SSSR count). The molecule has 0 bridgehead atoms. The number of hydrogen-bond acceptors (Lipinski definition) is 4. The largest absolute Gasteiger partial charge is 0.396 e. The maximum Gasteiger partial charge on any atom is 0.139 e. The van der Waals surface area contributed by atoms with E-state index in [1.165, 1.54) is 19.3 Å². The van der Waals surface area contributed by atoms with Gasteiger partial charge in [-0.25, -0.2) is 0 Å². The van der Waals surface area contributed by atoms with Gasteiger partial charge in [-0.2, -0.15) is 0 Å². The minimum atomic E-state index is -0.604. The van der Waals surface area contributed by atoms with E-state index in [9.17, 15) is 15.0 Å². The number of hydrogen-bond donors (Lipinski definition) is 3. The van der Waals surface area contributed by atoms with Gasteiger partial charge in [-0.1, -0.05) is 51.2 Å². The van der Waals surface area contributed by atoms with E-state index in [1.807, 2.05) is 12.2 Å². The van der Waals surface area contributed by atoms with Crippen molar-refractivity contribution in [1.82, 2.24) is 0 Å². The number of carbonyl (C=O) groups excluding carboxylic acids is 1. The molecule has 4 nitrogen and oxygen atoms in total. The summed E-state index contributed by atoms with van der Waals surface area (Å²) in [6, 6.07) is 0. The summed E-state index contributed by atoms with van der Waals surface area (Å²) in [5.41, 5.74) is 0.484. The second-order valence-corrected chi connectivity index (χ2v) is 9.89. The summed E-state index contributed by atoms with van der Waals surface area (Å²) in [5, 5.41) is 29.9. The molecular weight excluding hydrogens is 340 g/mol. The Bertz CT molecular complexity index is 528. The van der Waals surface area contributed by atoms with Crippen LogP contribution in [0.1, 0.15) is 84.0 Å². The summed E-state index contributed by atoms with van der Waals surface area (Å²) in [6.07, 6.45) is 15.0. The molecule has 0 amide bonds. The Kier molecular flexibility index (Phi) is 6.81. The van der Waals surface area contributed by atoms with E-state index in [-0.39, 0.29) is 36.1 Å². The third-order valence-electron chi connectivity index (χ3n) is 7.61. The van der Waals surface area contributed by atoms with Crippen LogP contribution in [0, 0.1) is 22.7 Å². The Labute approximate surface area is 164 Å². The average Bonchev–Trinajstić information content (AvgIpc) is 2.84. The van der Waals surface area contributed by atoms with Crippen LogP contribution in [0.2, 0.25) is 0 Å². The fraction of sp³-hybridized carbons (Fsp3) is 0.870. The first-order chi connectivity index (χ1) is 12.9. The molecule has 0 aromatic heterocycles. The Morgan fingerprint density at radius 3 is 2.44 bits per heavy atom. The molecule has 0 heterocycles. The van der Waals surface area contributed by atoms with Gasteiger partial charge in [-0.15, -0.1) is 0 Å². The molecule has 0 aromatic carbocycles. The smallest absolute Gasteiger partial charge is 0.139 e. The van der Waals surface area contributed by atoms with Gasteiger partial charge in [0.1, 0.15) is 5.78 Å². The summed E-state index contributed by atoms with van der Waals surface area (Å²) < 4.78 is 0. The first-order valence-electron chi connectivity index (χ1n) is 11.1. The van der Waals surface area contributed by atoms with Gasteiger partial charge in [-0.05, 0) is 49.4 Å². The SMILES string of the molecule is CC1([C@@H](O)/C=C/[C@H]2[C@H](O)CC(=O)[C@@H]2CCCCCCCO)CC2(CCC2)C1. The van der Waals surface area contributed by atoms with Crippen molar-refractivity contribution in [3.8, 4) is 0 Å². The molecule has 0 saturated heterocycles. The van der Waals surface area contributed by atoms with Gasteiger partial charge in [-0.3, -0.25) is 4.79 Å². The predicted molar refractivity (Wildman–Crippen MR) is 106 cm³/mol. The zero-order valence-corrected chi connectivity index (χ0v) is 16.9. The summed E-state index contributed by atoms with van der Waals surface area (Å²) in [7, 11) is 0. The molecule has 4 atom stereocenters. The van der Waals surface area contributed by atoms with Crippen LogP contribution >= 0.6 is 0 Å². The summed E-state index contributed by atoms with van der Waals surface area (Å²) in [5.74, 6) is -0.0790. The van der Waals surface area contributed by atoms with Gasteiger partial charge >= 0.3 is 0 Å². The van der Waals surface area contributed by atoms with Crippen molar-refractivity contribution in [2.45, 2.75) is 96.2 Å². The van der Waals surface area contributed by atoms with E-state index < -0.39 is 12.2 Å². The van der Waals surface area contributed by atoms with E-state index in [0.29, 0.717) is 5.41 Å². The lowest BCUT2D eigenvalue weighted by Crippen LogP contribution is -2.53. The molecule has 27 heavy (non-hydrogen) atoms. The molecular formula is C23H38O4. The van der Waals surface area contributed by atoms with E-state index in [1.54, 1.807) is 0 Å². The lowest BCUT2D eigenvalue weighted by atomic mass is 9.44. The second-order valence-electron chi connectivity index (χ2n) is 9.89. The fourth-order valence-corrected chi connectivity index (χ4v) is 5.97. The number of aliphatic hydroxyl groups is 3. The Balaban J connectivity index is 1.48. The Morgan fingerprint density at radius 1 is 1.15 bits per heavy atom. The van der Waals surface area contributed by atoms with Crippen LogP contribution in [0.25, 0.3) is 0 Å². The van der Waals surface area contributed by atoms with Crippen molar-refractivity contribution in [1.29, 1.82) is 0 Å². The molecule has 3 aliphatic carbocycles. The maximum atomic E-state index is 12.3. The molecule has 3 fully saturated rings. The highest BCUT2D eigenvalue weighted by Gasteiger charge is 2.56. The van der Waals surface area contributed by atoms with Crippen LogP contribution < -0.4 is 0 Å². The van der Waals surface area contributed by atoms with Crippen LogP contribution in [0.3, 0.4) is 0 Å². The van der Waals surface area contributed by atoms with E-state index >= 15 is 0 Å². The first-order valence-corrected chi connectivity index (χ1v) is 11.1. The first kappa shape index (κ1) is 21.0. The van der Waals surface area contributed by atoms with Crippen molar-refractivity contribution >= 4 is 5.78 Å². The zero-order valence-electron chi connectivity index (χ0n) is 16.9. The monoisotopic (exact) mass is 378 g/mol. The van der Waals surface area contributed by atoms with Gasteiger partial charge in [0.15, 0.2) is 0 Å². The van der Waals surface area contributed by atoms with Crippen LogP contribution in [-0.4, -0.2) is 39.9 Å². The second kappa shape index (κ2) is 8.75. The van der Waals surface area contributed by atoms with Crippen LogP contribution in [0.5, 0.6) is 0 Å². The molecule has 0 aliphatic heterocycles. The molecule has 4 heteroatoms. The molecule has 154 valence electrons. The number of ketones is 1. The van der Waals surface area contributed by atoms with Crippen LogP contribution in [0.15, 0.2) is 12.2 Å². The third kappa shape index (κ3) is 4.65. The van der Waals surface area contributed by atoms with Crippen molar-refractivity contribution in [3.63, 3.8) is 0 Å². The highest BCUT2D eigenvalue weighted by atomic mass is 16.3. The molecule has 3 aliphatic rings. The molecule has 0 radical (unpaired) electrons. The lowest BCUT2D eigenvalue weighted by molar-refractivity contribution is -0.132. The maximum absolute atomic E-state index is 12.3. The summed E-state index contributed by atoms with van der Waals surface area (Å²) >= 11 is 0. The Morgan fingerprint density at radius 2 is 1.81 bits per heavy atom. The minimum absolute atomic E-state index is 0.0350. The number of carbonyl (C=O) groups is 1. The van der Waals surface area contributed by atoms with Gasteiger partial charge in [0.25, 0.3) is 0 Å². The van der Waals surface area contributed by atoms with Gasteiger partial charge in [0, 0.05) is 24.9 Å². The molecule has 1 spiro atoms. The number of unbranched alkanes of at least 4 members (excludes halogenated alkanes) is 4. The number of rotatable bonds is 10. The van der Waals surface area contributed by atoms with Gasteiger partial charge in [0.2, 0.25) is 0 Å². The predicted octanol–water partition coefficient (Wildman–Crippen LogP) is 3.77. The summed E-state index contributed by atoms with van der Waals surface area (Å²) in [6.45, 7) is 2.42. The highest BCUT2D eigenvalue weighted by molar-refractivity contribution is 5.84. The van der Waals surface area contributed by atoms with Gasteiger partial charge < -0.3 is 15.3 Å². The topological polar surface area (TPSA) is 77.8 Å². The number of Topliss-reactive ketones (excluding diaryl/α,β-unsaturated/α-hetero) is 1. The molecule has 0 unspecified atom stereocenters. The highest BCUT2D eigenvalue weighted by Crippen LogP contribution is 2.65. The molecule has 3 N–H and O–H groups in total. The van der Waals surface area contributed by atoms with E-state index in [4.69, 9.17) is 5.11 Å². The quantitative estimate of drug-likeness (QED) is 0.399. The average molecular weight is 379 g/mol. The zero-order chi connectivity index (χ0) is 19.5. The van der Waals surface area contributed by atoms with Crippen molar-refractivity contribution in [2.75, 3.05) is 6.61 Å². The molecule has 3 saturated carbocycles. The Hall–Kier alpha value is -0.710. The van der Waals surface area contributed by atoms with Crippen molar-refractivity contribution in [3.05, 3.63) is 12.2 Å². The molecule has 0 aromatic rings. The minimum Gasteiger partial charge on any atom is -0.396 e. The number of aliphatic hydroxyl groups excluding tert-OH is 3. The van der Waals surface area contributed by atoms with Gasteiger partial charge in [0.05, 0.1) is 12.2 Å². The lowest BCUT2D eigenvalue weighted by Gasteiger charge is -2.61. The normalized spacial score (nSPS) is 32.6. The van der Waals surface area contributed by atoms with Crippen LogP contribution in [0.4, 0.5) is 0 Å². The fourth-order valence-electron chi connectivity index (χ4n) is 5.97. The third-order valence-corrected chi connectivity index (χ3v) is 7.61. The van der Waals surface area contributed by atoms with E-state index in [0.717, 1.165) is 51.4 Å². The van der Waals surface area contributed by atoms with E-state index in [2.05, 4.69) is 6.92 Å². The van der Waals surface area contributed by atoms with Crippen molar-refractivity contribution < 1.29 is 20.1 Å². The standard InChI is InChI=1S/C23H38O4/c1-22(15-23(16-22)11-7-12-23)21(27)10-9-18-17(19(25)14-20(18)26)8-5-3-2-4-6-13-24/h9-10,17-18,20-21,24,26-27H,2-8,11-16H2,1H3/b10-9+/t17-,18-,20-,21+/m1/s1.